The highest BCUT2D eigenvalue weighted by atomic mass is 32.2. The first-order chi connectivity index (χ1) is 8.50. The zero-order valence-corrected chi connectivity index (χ0v) is 10.5. The second kappa shape index (κ2) is 4.77. The third-order valence-electron chi connectivity index (χ3n) is 2.64. The number of aromatic amines is 1. The van der Waals surface area contributed by atoms with E-state index in [2.05, 4.69) is 4.98 Å². The molecule has 0 radical (unpaired) electrons. The fourth-order valence-corrected chi connectivity index (χ4v) is 2.24. The third kappa shape index (κ3) is 2.21. The summed E-state index contributed by atoms with van der Waals surface area (Å²) in [6, 6.07) is 4.68. The lowest BCUT2D eigenvalue weighted by Gasteiger charge is -2.02. The maximum absolute atomic E-state index is 11.7. The number of aromatic nitrogens is 2. The van der Waals surface area contributed by atoms with Crippen molar-refractivity contribution in [3.05, 3.63) is 34.2 Å². The van der Waals surface area contributed by atoms with Crippen molar-refractivity contribution in [2.24, 2.45) is 0 Å². The van der Waals surface area contributed by atoms with Crippen molar-refractivity contribution in [1.29, 1.82) is 0 Å². The van der Waals surface area contributed by atoms with E-state index in [0.29, 0.717) is 23.3 Å². The minimum Gasteiger partial charge on any atom is -0.478 e. The van der Waals surface area contributed by atoms with Crippen molar-refractivity contribution < 1.29 is 14.1 Å². The number of imidazole rings is 1. The Bertz CT molecular complexity index is 686. The van der Waals surface area contributed by atoms with E-state index in [1.54, 1.807) is 18.4 Å². The highest BCUT2D eigenvalue weighted by molar-refractivity contribution is 7.84. The highest BCUT2D eigenvalue weighted by Crippen LogP contribution is 2.15. The second-order valence-corrected chi connectivity index (χ2v) is 5.42. The van der Waals surface area contributed by atoms with Crippen LogP contribution >= 0.6 is 0 Å². The van der Waals surface area contributed by atoms with Gasteiger partial charge in [-0.25, -0.2) is 9.59 Å². The van der Waals surface area contributed by atoms with E-state index in [1.807, 2.05) is 0 Å². The Morgan fingerprint density at radius 2 is 2.22 bits per heavy atom. The number of fused-ring (bicyclic) bond motifs is 1. The molecule has 0 fully saturated rings. The van der Waals surface area contributed by atoms with Crippen LogP contribution in [0.3, 0.4) is 0 Å². The number of aromatic carboxylic acids is 1. The molecule has 0 saturated carbocycles. The average Bonchev–Trinajstić information content (AvgIpc) is 2.61. The van der Waals surface area contributed by atoms with Gasteiger partial charge in [0.2, 0.25) is 0 Å². The molecule has 18 heavy (non-hydrogen) atoms. The second-order valence-electron chi connectivity index (χ2n) is 3.86. The molecule has 0 spiro atoms. The van der Waals surface area contributed by atoms with Gasteiger partial charge in [-0.1, -0.05) is 6.07 Å². The number of carboxylic acid groups (broad SMARTS) is 1. The standard InChI is InChI=1S/C11H12N2O4S/c1-18(17)6-5-13-8-4-2-3-7(10(14)15)9(8)12-11(13)16/h2-4H,5-6H2,1H3,(H,12,16)(H,14,15). The van der Waals surface area contributed by atoms with E-state index in [-0.39, 0.29) is 11.3 Å². The van der Waals surface area contributed by atoms with Gasteiger partial charge in [0.1, 0.15) is 0 Å². The lowest BCUT2D eigenvalue weighted by Crippen LogP contribution is -2.19. The molecule has 1 aromatic carbocycles. The molecule has 2 N–H and O–H groups in total. The van der Waals surface area contributed by atoms with Gasteiger partial charge < -0.3 is 10.1 Å². The van der Waals surface area contributed by atoms with Crippen molar-refractivity contribution in [2.45, 2.75) is 6.54 Å². The molecule has 0 aliphatic carbocycles. The quantitative estimate of drug-likeness (QED) is 0.839. The number of benzene rings is 1. The molecule has 2 aromatic rings. The fourth-order valence-electron chi connectivity index (χ4n) is 1.80. The van der Waals surface area contributed by atoms with Gasteiger partial charge in [0.15, 0.2) is 0 Å². The first kappa shape index (κ1) is 12.6. The number of hydrogen-bond acceptors (Lipinski definition) is 3. The zero-order valence-electron chi connectivity index (χ0n) is 9.67. The normalized spacial score (nSPS) is 12.7. The summed E-state index contributed by atoms with van der Waals surface area (Å²) in [4.78, 5) is 25.3. The van der Waals surface area contributed by atoms with Gasteiger partial charge in [-0.05, 0) is 12.1 Å². The fraction of sp³-hybridized carbons (Fsp3) is 0.273. The number of carbonyl (C=O) groups is 1. The van der Waals surface area contributed by atoms with Gasteiger partial charge in [0, 0.05) is 29.4 Å². The minimum absolute atomic E-state index is 0.0565. The first-order valence-electron chi connectivity index (χ1n) is 5.25. The summed E-state index contributed by atoms with van der Waals surface area (Å²) in [5.74, 6) is -0.738. The SMILES string of the molecule is CS(=O)CCn1c(=O)[nH]c2c(C(=O)O)cccc21. The number of aryl methyl sites for hydroxylation is 1. The van der Waals surface area contributed by atoms with Crippen molar-refractivity contribution in [2.75, 3.05) is 12.0 Å². The van der Waals surface area contributed by atoms with Crippen molar-refractivity contribution >= 4 is 27.8 Å². The van der Waals surface area contributed by atoms with E-state index in [1.165, 1.54) is 10.6 Å². The topological polar surface area (TPSA) is 92.2 Å². The van der Waals surface area contributed by atoms with Crippen molar-refractivity contribution in [3.63, 3.8) is 0 Å². The Morgan fingerprint density at radius 3 is 2.83 bits per heavy atom. The van der Waals surface area contributed by atoms with Crippen molar-refractivity contribution in [3.8, 4) is 0 Å². The zero-order chi connectivity index (χ0) is 13.3. The van der Waals surface area contributed by atoms with Crippen LogP contribution in [0.25, 0.3) is 11.0 Å². The molecule has 2 rings (SSSR count). The number of rotatable bonds is 4. The largest absolute Gasteiger partial charge is 0.478 e. The Balaban J connectivity index is 2.58. The van der Waals surface area contributed by atoms with Crippen LogP contribution in [0.4, 0.5) is 0 Å². The van der Waals surface area contributed by atoms with Gasteiger partial charge in [-0.2, -0.15) is 0 Å². The average molecular weight is 268 g/mol. The molecule has 0 amide bonds. The van der Waals surface area contributed by atoms with E-state index >= 15 is 0 Å². The van der Waals surface area contributed by atoms with Crippen LogP contribution in [0, 0.1) is 0 Å². The number of nitrogens with zero attached hydrogens (tertiary/aromatic N) is 1. The molecule has 1 heterocycles. The maximum atomic E-state index is 11.7. The molecule has 1 unspecified atom stereocenters. The summed E-state index contributed by atoms with van der Waals surface area (Å²) >= 11 is 0. The third-order valence-corrected chi connectivity index (χ3v) is 3.40. The summed E-state index contributed by atoms with van der Waals surface area (Å²) in [7, 11) is -1.01. The summed E-state index contributed by atoms with van der Waals surface area (Å²) in [6.45, 7) is 0.297. The van der Waals surface area contributed by atoms with Gasteiger partial charge in [-0.3, -0.25) is 8.78 Å². The maximum Gasteiger partial charge on any atom is 0.337 e. The van der Waals surface area contributed by atoms with Gasteiger partial charge in [-0.15, -0.1) is 0 Å². The van der Waals surface area contributed by atoms with Crippen LogP contribution < -0.4 is 5.69 Å². The molecule has 7 heteroatoms. The van der Waals surface area contributed by atoms with E-state index < -0.39 is 16.8 Å². The molecule has 6 nitrogen and oxygen atoms in total. The van der Waals surface area contributed by atoms with Crippen LogP contribution in [0.2, 0.25) is 0 Å². The first-order valence-corrected chi connectivity index (χ1v) is 6.98. The van der Waals surface area contributed by atoms with Gasteiger partial charge >= 0.3 is 11.7 Å². The minimum atomic E-state index is -1.09. The van der Waals surface area contributed by atoms with Crippen LogP contribution in [-0.2, 0) is 17.3 Å². The summed E-state index contributed by atoms with van der Waals surface area (Å²) in [6.07, 6.45) is 1.56. The Labute approximate surface area is 105 Å². The monoisotopic (exact) mass is 268 g/mol. The van der Waals surface area contributed by atoms with Crippen LogP contribution in [0.5, 0.6) is 0 Å². The van der Waals surface area contributed by atoms with Crippen LogP contribution in [0.15, 0.2) is 23.0 Å². The number of nitrogens with one attached hydrogen (secondary N) is 1. The molecular formula is C11H12N2O4S. The number of H-pyrrole nitrogens is 1. The predicted octanol–water partition coefficient (Wildman–Crippen LogP) is 0.406. The molecule has 0 aliphatic rings. The number of carboxylic acids is 1. The number of hydrogen-bond donors (Lipinski definition) is 2. The highest BCUT2D eigenvalue weighted by Gasteiger charge is 2.14. The van der Waals surface area contributed by atoms with Gasteiger partial charge in [0.05, 0.1) is 16.6 Å². The lowest BCUT2D eigenvalue weighted by atomic mass is 10.2. The molecule has 0 bridgehead atoms. The molecule has 0 saturated heterocycles. The van der Waals surface area contributed by atoms with Crippen LogP contribution in [0.1, 0.15) is 10.4 Å². The molecule has 0 aliphatic heterocycles. The van der Waals surface area contributed by atoms with Gasteiger partial charge in [0.25, 0.3) is 0 Å². The molecular weight excluding hydrogens is 256 g/mol. The summed E-state index contributed by atoms with van der Waals surface area (Å²) in [5.41, 5.74) is 0.493. The Kier molecular flexibility index (Phi) is 3.33. The summed E-state index contributed by atoms with van der Waals surface area (Å²) in [5, 5.41) is 9.02. The van der Waals surface area contributed by atoms with Crippen LogP contribution in [-0.4, -0.2) is 36.8 Å². The predicted molar refractivity (Wildman–Crippen MR) is 68.5 cm³/mol. The molecule has 1 aromatic heterocycles. The number of para-hydroxylation sites is 1. The summed E-state index contributed by atoms with van der Waals surface area (Å²) < 4.78 is 12.5. The smallest absolute Gasteiger partial charge is 0.337 e. The van der Waals surface area contributed by atoms with E-state index in [0.717, 1.165) is 0 Å². The Hall–Kier alpha value is -1.89. The molecule has 1 atom stereocenters. The molecule has 96 valence electrons. The lowest BCUT2D eigenvalue weighted by molar-refractivity contribution is 0.0699. The van der Waals surface area contributed by atoms with Crippen molar-refractivity contribution in [1.82, 2.24) is 9.55 Å². The van der Waals surface area contributed by atoms with E-state index in [9.17, 15) is 13.8 Å². The van der Waals surface area contributed by atoms with E-state index in [4.69, 9.17) is 5.11 Å². The Morgan fingerprint density at radius 1 is 1.50 bits per heavy atom.